The largest absolute Gasteiger partial charge is 0.0591 e. The van der Waals surface area contributed by atoms with Crippen molar-refractivity contribution in [3.8, 4) is 33.4 Å². The van der Waals surface area contributed by atoms with E-state index >= 15 is 0 Å². The van der Waals surface area contributed by atoms with Crippen LogP contribution in [0.4, 0.5) is 0 Å². The van der Waals surface area contributed by atoms with Gasteiger partial charge in [-0.1, -0.05) is 124 Å². The van der Waals surface area contributed by atoms with Crippen LogP contribution in [0.1, 0.15) is 77.8 Å². The molecular weight excluding hydrogens is 492 g/mol. The summed E-state index contributed by atoms with van der Waals surface area (Å²) in [5.41, 5.74) is 21.0. The maximum atomic E-state index is 2.48. The van der Waals surface area contributed by atoms with Crippen molar-refractivity contribution < 1.29 is 0 Å². The van der Waals surface area contributed by atoms with Gasteiger partial charge in [-0.2, -0.15) is 0 Å². The molecule has 2 aliphatic rings. The molecule has 7 rings (SSSR count). The summed E-state index contributed by atoms with van der Waals surface area (Å²) in [6, 6.07) is 35.1. The van der Waals surface area contributed by atoms with Crippen LogP contribution in [0.2, 0.25) is 0 Å². The fourth-order valence-electron chi connectivity index (χ4n) is 7.75. The van der Waals surface area contributed by atoms with Crippen molar-refractivity contribution >= 4 is 0 Å². The molecular formula is C41H40. The summed E-state index contributed by atoms with van der Waals surface area (Å²) >= 11 is 0. The van der Waals surface area contributed by atoms with Crippen molar-refractivity contribution in [2.24, 2.45) is 0 Å². The summed E-state index contributed by atoms with van der Waals surface area (Å²) in [6.45, 7) is 16.3. The highest BCUT2D eigenvalue weighted by Crippen LogP contribution is 2.53. The molecule has 0 N–H and O–H groups in total. The Morgan fingerprint density at radius 3 is 1.71 bits per heavy atom. The van der Waals surface area contributed by atoms with Crippen molar-refractivity contribution in [1.29, 1.82) is 0 Å². The van der Waals surface area contributed by atoms with E-state index in [0.717, 1.165) is 12.8 Å². The van der Waals surface area contributed by atoms with Crippen LogP contribution in [0, 0.1) is 20.8 Å². The normalized spacial score (nSPS) is 15.3. The molecule has 0 heteroatoms. The van der Waals surface area contributed by atoms with Crippen molar-refractivity contribution in [3.63, 3.8) is 0 Å². The maximum absolute atomic E-state index is 2.48. The third-order valence-electron chi connectivity index (χ3n) is 10.1. The minimum absolute atomic E-state index is 0.00199. The van der Waals surface area contributed by atoms with Gasteiger partial charge in [0.15, 0.2) is 0 Å². The second-order valence-electron chi connectivity index (χ2n) is 13.6. The first kappa shape index (κ1) is 26.0. The predicted octanol–water partition coefficient (Wildman–Crippen LogP) is 10.7. The van der Waals surface area contributed by atoms with Crippen molar-refractivity contribution in [1.82, 2.24) is 0 Å². The van der Waals surface area contributed by atoms with Gasteiger partial charge in [0.25, 0.3) is 0 Å². The zero-order valence-electron chi connectivity index (χ0n) is 25.6. The fourth-order valence-corrected chi connectivity index (χ4v) is 7.75. The molecule has 0 nitrogen and oxygen atoms in total. The van der Waals surface area contributed by atoms with E-state index in [4.69, 9.17) is 0 Å². The van der Waals surface area contributed by atoms with Gasteiger partial charge in [0.05, 0.1) is 0 Å². The summed E-state index contributed by atoms with van der Waals surface area (Å²) < 4.78 is 0. The highest BCUT2D eigenvalue weighted by molar-refractivity contribution is 5.88. The maximum Gasteiger partial charge on any atom is 0.0161 e. The number of hydrogen-bond donors (Lipinski definition) is 0. The zero-order chi connectivity index (χ0) is 28.7. The standard InChI is InChI=1S/C41H40/c1-25-8-11-28(12-9-25)13-14-29-15-18-32-33-19-16-30(24-38(33)40(4,5)37(32)23-29)31-20-21-35-34-17-10-26(2)22-36(34)41(6,7)39(35)27(31)3/h8-12,15-24H,13-14H2,1-7H3. The summed E-state index contributed by atoms with van der Waals surface area (Å²) in [6.07, 6.45) is 2.15. The van der Waals surface area contributed by atoms with Crippen LogP contribution < -0.4 is 0 Å². The SMILES string of the molecule is Cc1ccc(CCc2ccc3c(c2)C(C)(C)c2cc(-c4ccc5c(c4C)C(C)(C)c4cc(C)ccc4-5)ccc2-3)cc1. The smallest absolute Gasteiger partial charge is 0.0161 e. The van der Waals surface area contributed by atoms with Gasteiger partial charge in [0.1, 0.15) is 0 Å². The van der Waals surface area contributed by atoms with E-state index < -0.39 is 0 Å². The van der Waals surface area contributed by atoms with Gasteiger partial charge in [-0.15, -0.1) is 0 Å². The van der Waals surface area contributed by atoms with Crippen molar-refractivity contribution in [2.45, 2.75) is 72.1 Å². The summed E-state index contributed by atoms with van der Waals surface area (Å²) in [5.74, 6) is 0. The van der Waals surface area contributed by atoms with Crippen LogP contribution in [0.5, 0.6) is 0 Å². The van der Waals surface area contributed by atoms with E-state index in [0.29, 0.717) is 0 Å². The van der Waals surface area contributed by atoms with Gasteiger partial charge in [-0.3, -0.25) is 0 Å². The summed E-state index contributed by atoms with van der Waals surface area (Å²) in [5, 5.41) is 0. The first-order valence-electron chi connectivity index (χ1n) is 15.2. The molecule has 0 heterocycles. The third kappa shape index (κ3) is 3.95. The van der Waals surface area contributed by atoms with E-state index in [9.17, 15) is 0 Å². The van der Waals surface area contributed by atoms with Crippen LogP contribution in [0.25, 0.3) is 33.4 Å². The molecule has 0 bridgehead atoms. The molecule has 0 fully saturated rings. The molecule has 0 saturated carbocycles. The average Bonchev–Trinajstić information content (AvgIpc) is 3.32. The van der Waals surface area contributed by atoms with E-state index in [2.05, 4.69) is 139 Å². The topological polar surface area (TPSA) is 0 Å². The summed E-state index contributed by atoms with van der Waals surface area (Å²) in [4.78, 5) is 0. The summed E-state index contributed by atoms with van der Waals surface area (Å²) in [7, 11) is 0. The van der Waals surface area contributed by atoms with Gasteiger partial charge < -0.3 is 0 Å². The Hall–Kier alpha value is -3.90. The zero-order valence-corrected chi connectivity index (χ0v) is 25.6. The van der Waals surface area contributed by atoms with Crippen LogP contribution in [0.15, 0.2) is 91.0 Å². The molecule has 0 radical (unpaired) electrons. The quantitative estimate of drug-likeness (QED) is 0.216. The van der Waals surface area contributed by atoms with Crippen LogP contribution in [-0.4, -0.2) is 0 Å². The van der Waals surface area contributed by atoms with E-state index in [1.165, 1.54) is 83.5 Å². The lowest BCUT2D eigenvalue weighted by atomic mass is 9.77. The van der Waals surface area contributed by atoms with E-state index in [1.807, 2.05) is 0 Å². The first-order chi connectivity index (χ1) is 19.6. The van der Waals surface area contributed by atoms with Crippen molar-refractivity contribution in [2.75, 3.05) is 0 Å². The number of benzene rings is 5. The van der Waals surface area contributed by atoms with Gasteiger partial charge in [-0.05, 0) is 112 Å². The molecule has 0 amide bonds. The first-order valence-corrected chi connectivity index (χ1v) is 15.2. The van der Waals surface area contributed by atoms with E-state index in [1.54, 1.807) is 0 Å². The Morgan fingerprint density at radius 2 is 0.951 bits per heavy atom. The number of rotatable bonds is 4. The average molecular weight is 533 g/mol. The lowest BCUT2D eigenvalue weighted by molar-refractivity contribution is 0.655. The molecule has 5 aromatic rings. The Morgan fingerprint density at radius 1 is 0.439 bits per heavy atom. The monoisotopic (exact) mass is 532 g/mol. The Bertz CT molecular complexity index is 1840. The molecule has 2 aliphatic carbocycles. The fraction of sp³-hybridized carbons (Fsp3) is 0.268. The second-order valence-corrected chi connectivity index (χ2v) is 13.6. The van der Waals surface area contributed by atoms with Gasteiger partial charge >= 0.3 is 0 Å². The van der Waals surface area contributed by atoms with Gasteiger partial charge in [0, 0.05) is 10.8 Å². The Kier molecular flexibility index (Phi) is 5.75. The molecule has 0 atom stereocenters. The van der Waals surface area contributed by atoms with Gasteiger partial charge in [-0.25, -0.2) is 0 Å². The number of aryl methyl sites for hydroxylation is 4. The molecule has 0 aromatic heterocycles. The molecule has 0 spiro atoms. The van der Waals surface area contributed by atoms with Crippen molar-refractivity contribution in [3.05, 3.63) is 141 Å². The highest BCUT2D eigenvalue weighted by Gasteiger charge is 2.38. The molecule has 5 aromatic carbocycles. The van der Waals surface area contributed by atoms with Gasteiger partial charge in [0.2, 0.25) is 0 Å². The minimum Gasteiger partial charge on any atom is -0.0591 e. The predicted molar refractivity (Wildman–Crippen MR) is 175 cm³/mol. The molecule has 41 heavy (non-hydrogen) atoms. The van der Waals surface area contributed by atoms with Crippen LogP contribution in [-0.2, 0) is 23.7 Å². The molecule has 0 saturated heterocycles. The molecule has 0 aliphatic heterocycles. The number of fused-ring (bicyclic) bond motifs is 6. The lowest BCUT2D eigenvalue weighted by Crippen LogP contribution is -2.17. The third-order valence-corrected chi connectivity index (χ3v) is 10.1. The highest BCUT2D eigenvalue weighted by atomic mass is 14.4. The van der Waals surface area contributed by atoms with Crippen LogP contribution >= 0.6 is 0 Å². The molecule has 0 unspecified atom stereocenters. The lowest BCUT2D eigenvalue weighted by Gasteiger charge is -2.26. The second kappa shape index (κ2) is 9.05. The Balaban J connectivity index is 1.24. The molecule has 204 valence electrons. The number of hydrogen-bond acceptors (Lipinski definition) is 0. The van der Waals surface area contributed by atoms with Crippen LogP contribution in [0.3, 0.4) is 0 Å². The minimum atomic E-state index is -0.0296. The Labute approximate surface area is 246 Å². The van der Waals surface area contributed by atoms with E-state index in [-0.39, 0.29) is 10.8 Å².